The molecule has 2 fully saturated rings. The number of nitrogens with zero attached hydrogens (tertiary/aromatic N) is 1. The van der Waals surface area contributed by atoms with Crippen molar-refractivity contribution in [2.75, 3.05) is 27.8 Å². The summed E-state index contributed by atoms with van der Waals surface area (Å²) in [5.41, 5.74) is 0.175. The predicted molar refractivity (Wildman–Crippen MR) is 87.0 cm³/mol. The fourth-order valence-electron chi connectivity index (χ4n) is 4.62. The van der Waals surface area contributed by atoms with E-state index in [2.05, 4.69) is 4.90 Å². The summed E-state index contributed by atoms with van der Waals surface area (Å²) >= 11 is 0. The van der Waals surface area contributed by atoms with Crippen LogP contribution in [0.1, 0.15) is 24.8 Å². The van der Waals surface area contributed by atoms with Gasteiger partial charge in [-0.1, -0.05) is 6.07 Å². The summed E-state index contributed by atoms with van der Waals surface area (Å²) < 4.78 is 51.0. The highest BCUT2D eigenvalue weighted by molar-refractivity contribution is 5.46. The van der Waals surface area contributed by atoms with Gasteiger partial charge in [0.05, 0.1) is 26.2 Å². The molecule has 0 radical (unpaired) electrons. The molecule has 140 valence electrons. The largest absolute Gasteiger partial charge is 0.493 e. The number of halogens is 3. The van der Waals surface area contributed by atoms with Gasteiger partial charge in [0.1, 0.15) is 0 Å². The monoisotopic (exact) mass is 359 g/mol. The smallest absolute Gasteiger partial charge is 0.394 e. The number of alkyl halides is 3. The first-order valence-corrected chi connectivity index (χ1v) is 8.40. The van der Waals surface area contributed by atoms with E-state index in [-0.39, 0.29) is 18.9 Å². The van der Waals surface area contributed by atoms with Crippen molar-refractivity contribution in [3.8, 4) is 11.5 Å². The quantitative estimate of drug-likeness (QED) is 0.901. The number of rotatable bonds is 3. The molecule has 2 aliphatic rings. The van der Waals surface area contributed by atoms with Crippen LogP contribution in [0.25, 0.3) is 0 Å². The minimum atomic E-state index is -4.41. The standard InChI is InChI=1S/C18H24F3NO3/c1-22-7-6-17(11-4-5-14(24-2)15(8-11)25-3)10-12(18(19,20)21)13(23)9-16(17)22/h4-5,8,12-13,16,23H,6-7,9-10H2,1-3H3/t12-,13+,16?,17-/m1/s1. The van der Waals surface area contributed by atoms with Gasteiger partial charge in [0, 0.05) is 11.5 Å². The van der Waals surface area contributed by atoms with Gasteiger partial charge < -0.3 is 19.5 Å². The van der Waals surface area contributed by atoms with Crippen LogP contribution in [0.4, 0.5) is 13.2 Å². The third kappa shape index (κ3) is 2.97. The highest BCUT2D eigenvalue weighted by Crippen LogP contribution is 2.54. The van der Waals surface area contributed by atoms with Crippen LogP contribution in [0.3, 0.4) is 0 Å². The molecular formula is C18H24F3NO3. The number of likely N-dealkylation sites (N-methyl/N-ethyl adjacent to an activating group) is 1. The topological polar surface area (TPSA) is 41.9 Å². The van der Waals surface area contributed by atoms with E-state index < -0.39 is 23.6 Å². The van der Waals surface area contributed by atoms with Gasteiger partial charge >= 0.3 is 6.18 Å². The predicted octanol–water partition coefficient (Wildman–Crippen LogP) is 2.98. The van der Waals surface area contributed by atoms with Crippen LogP contribution in [0.5, 0.6) is 11.5 Å². The Morgan fingerprint density at radius 2 is 1.88 bits per heavy atom. The van der Waals surface area contributed by atoms with Crippen LogP contribution in [0.2, 0.25) is 0 Å². The summed E-state index contributed by atoms with van der Waals surface area (Å²) in [6.07, 6.45) is -5.13. The minimum absolute atomic E-state index is 0.109. The molecule has 1 saturated carbocycles. The molecule has 1 aliphatic carbocycles. The van der Waals surface area contributed by atoms with Crippen molar-refractivity contribution in [3.05, 3.63) is 23.8 Å². The molecule has 0 spiro atoms. The van der Waals surface area contributed by atoms with Gasteiger partial charge in [-0.2, -0.15) is 13.2 Å². The van der Waals surface area contributed by atoms with E-state index in [4.69, 9.17) is 9.47 Å². The zero-order valence-electron chi connectivity index (χ0n) is 14.6. The molecule has 25 heavy (non-hydrogen) atoms. The molecule has 0 aromatic heterocycles. The van der Waals surface area contributed by atoms with Crippen LogP contribution >= 0.6 is 0 Å². The lowest BCUT2D eigenvalue weighted by Crippen LogP contribution is -2.54. The Bertz CT molecular complexity index is 636. The third-order valence-corrected chi connectivity index (χ3v) is 5.97. The Labute approximate surface area is 145 Å². The number of benzene rings is 1. The van der Waals surface area contributed by atoms with Gasteiger partial charge in [0.25, 0.3) is 0 Å². The van der Waals surface area contributed by atoms with E-state index in [1.54, 1.807) is 12.1 Å². The van der Waals surface area contributed by atoms with Crippen molar-refractivity contribution in [2.45, 2.75) is 43.0 Å². The normalized spacial score (nSPS) is 33.2. The molecule has 0 amide bonds. The first-order chi connectivity index (χ1) is 11.7. The molecule has 1 aliphatic heterocycles. The fraction of sp³-hybridized carbons (Fsp3) is 0.667. The number of hydrogen-bond donors (Lipinski definition) is 1. The van der Waals surface area contributed by atoms with Gasteiger partial charge in [0.2, 0.25) is 0 Å². The van der Waals surface area contributed by atoms with Crippen LogP contribution in [0.15, 0.2) is 18.2 Å². The Morgan fingerprint density at radius 3 is 2.48 bits per heavy atom. The number of likely N-dealkylation sites (tertiary alicyclic amines) is 1. The van der Waals surface area contributed by atoms with Crippen LogP contribution in [-0.2, 0) is 5.41 Å². The summed E-state index contributed by atoms with van der Waals surface area (Å²) in [7, 11) is 4.95. The Kier molecular flexibility index (Phi) is 4.66. The zero-order chi connectivity index (χ0) is 18.4. The van der Waals surface area contributed by atoms with Gasteiger partial charge in [-0.15, -0.1) is 0 Å². The number of fused-ring (bicyclic) bond motifs is 1. The number of methoxy groups -OCH3 is 2. The third-order valence-electron chi connectivity index (χ3n) is 5.97. The Hall–Kier alpha value is -1.47. The number of hydrogen-bond acceptors (Lipinski definition) is 4. The maximum absolute atomic E-state index is 13.5. The molecule has 1 unspecified atom stereocenters. The van der Waals surface area contributed by atoms with Crippen LogP contribution in [0, 0.1) is 5.92 Å². The molecule has 1 heterocycles. The second kappa shape index (κ2) is 6.36. The SMILES string of the molecule is COc1ccc([C@]23CCN(C)C2C[C@H](O)[C@H](C(F)(F)F)C3)cc1OC. The second-order valence-electron chi connectivity index (χ2n) is 7.13. The summed E-state index contributed by atoms with van der Waals surface area (Å²) in [6.45, 7) is 0.705. The van der Waals surface area contributed by atoms with Gasteiger partial charge in [-0.05, 0) is 50.6 Å². The summed E-state index contributed by atoms with van der Waals surface area (Å²) in [4.78, 5) is 2.06. The average Bonchev–Trinajstić information content (AvgIpc) is 2.90. The number of ether oxygens (including phenoxy) is 2. The Balaban J connectivity index is 2.06. The van der Waals surface area contributed by atoms with Gasteiger partial charge in [-0.3, -0.25) is 0 Å². The van der Waals surface area contributed by atoms with E-state index in [9.17, 15) is 18.3 Å². The Morgan fingerprint density at radius 1 is 1.20 bits per heavy atom. The van der Waals surface area contributed by atoms with E-state index in [0.717, 1.165) is 5.56 Å². The first-order valence-electron chi connectivity index (χ1n) is 8.40. The fourth-order valence-corrected chi connectivity index (χ4v) is 4.62. The van der Waals surface area contributed by atoms with Gasteiger partial charge in [0.15, 0.2) is 11.5 Å². The summed E-state index contributed by atoms with van der Waals surface area (Å²) in [5, 5.41) is 10.1. The maximum Gasteiger partial charge on any atom is 0.394 e. The molecule has 1 saturated heterocycles. The highest BCUT2D eigenvalue weighted by atomic mass is 19.4. The van der Waals surface area contributed by atoms with E-state index in [1.807, 2.05) is 13.1 Å². The molecule has 1 N–H and O–H groups in total. The molecule has 1 aromatic rings. The van der Waals surface area contributed by atoms with Crippen LogP contribution < -0.4 is 9.47 Å². The van der Waals surface area contributed by atoms with Crippen molar-refractivity contribution in [3.63, 3.8) is 0 Å². The lowest BCUT2D eigenvalue weighted by Gasteiger charge is -2.47. The molecule has 3 rings (SSSR count). The van der Waals surface area contributed by atoms with E-state index >= 15 is 0 Å². The molecule has 1 aromatic carbocycles. The zero-order valence-corrected chi connectivity index (χ0v) is 14.6. The molecular weight excluding hydrogens is 335 g/mol. The highest BCUT2D eigenvalue weighted by Gasteiger charge is 2.59. The molecule has 7 heteroatoms. The van der Waals surface area contributed by atoms with Crippen LogP contribution in [-0.4, -0.2) is 56.1 Å². The second-order valence-corrected chi connectivity index (χ2v) is 7.13. The van der Waals surface area contributed by atoms with E-state index in [0.29, 0.717) is 24.5 Å². The minimum Gasteiger partial charge on any atom is -0.493 e. The van der Waals surface area contributed by atoms with Gasteiger partial charge in [-0.25, -0.2) is 0 Å². The van der Waals surface area contributed by atoms with Crippen molar-refractivity contribution >= 4 is 0 Å². The first kappa shape index (κ1) is 18.3. The van der Waals surface area contributed by atoms with Crippen molar-refractivity contribution in [2.24, 2.45) is 5.92 Å². The lowest BCUT2D eigenvalue weighted by molar-refractivity contribution is -0.217. The molecule has 4 nitrogen and oxygen atoms in total. The van der Waals surface area contributed by atoms with Crippen molar-refractivity contribution in [1.29, 1.82) is 0 Å². The maximum atomic E-state index is 13.5. The lowest BCUT2D eigenvalue weighted by atomic mass is 9.62. The average molecular weight is 359 g/mol. The molecule has 4 atom stereocenters. The summed E-state index contributed by atoms with van der Waals surface area (Å²) in [6, 6.07) is 5.24. The number of aliphatic hydroxyl groups is 1. The number of aliphatic hydroxyl groups excluding tert-OH is 1. The van der Waals surface area contributed by atoms with E-state index in [1.165, 1.54) is 14.2 Å². The van der Waals surface area contributed by atoms with Crippen molar-refractivity contribution in [1.82, 2.24) is 4.90 Å². The van der Waals surface area contributed by atoms with Crippen molar-refractivity contribution < 1.29 is 27.8 Å². The summed E-state index contributed by atoms with van der Waals surface area (Å²) in [5.74, 6) is -0.644. The molecule has 0 bridgehead atoms.